The van der Waals surface area contributed by atoms with E-state index in [0.717, 1.165) is 24.5 Å². The number of aromatic nitrogens is 4. The van der Waals surface area contributed by atoms with Gasteiger partial charge in [0.2, 0.25) is 0 Å². The van der Waals surface area contributed by atoms with Crippen LogP contribution in [-0.4, -0.2) is 44.1 Å². The molecule has 134 valence electrons. The molecule has 0 aliphatic carbocycles. The lowest BCUT2D eigenvalue weighted by molar-refractivity contribution is 0.0686. The van der Waals surface area contributed by atoms with Crippen LogP contribution in [0.25, 0.3) is 17.1 Å². The van der Waals surface area contributed by atoms with Crippen molar-refractivity contribution >= 4 is 23.4 Å². The second-order valence-corrected chi connectivity index (χ2v) is 6.00. The third kappa shape index (κ3) is 3.52. The Hall–Kier alpha value is -2.93. The monoisotopic (exact) mass is 371 g/mol. The number of aromatic carboxylic acids is 1. The summed E-state index contributed by atoms with van der Waals surface area (Å²) in [6, 6.07) is 12.1. The van der Waals surface area contributed by atoms with Crippen LogP contribution < -0.4 is 4.90 Å². The predicted octanol–water partition coefficient (Wildman–Crippen LogP) is 3.53. The van der Waals surface area contributed by atoms with Crippen molar-refractivity contribution in [2.75, 3.05) is 18.0 Å². The lowest BCUT2D eigenvalue weighted by Gasteiger charge is -2.18. The van der Waals surface area contributed by atoms with E-state index in [2.05, 4.69) is 20.2 Å². The highest BCUT2D eigenvalue weighted by Crippen LogP contribution is 2.23. The third-order valence-corrected chi connectivity index (χ3v) is 4.26. The van der Waals surface area contributed by atoms with Crippen molar-refractivity contribution in [2.24, 2.45) is 0 Å². The van der Waals surface area contributed by atoms with E-state index in [4.69, 9.17) is 11.6 Å². The Morgan fingerprint density at radius 1 is 1.12 bits per heavy atom. The van der Waals surface area contributed by atoms with Gasteiger partial charge in [-0.15, -0.1) is 10.2 Å². The molecule has 1 N–H and O–H groups in total. The second-order valence-electron chi connectivity index (χ2n) is 5.56. The molecule has 8 heteroatoms. The molecule has 2 aromatic heterocycles. The Morgan fingerprint density at radius 3 is 2.35 bits per heavy atom. The molecule has 0 saturated heterocycles. The lowest BCUT2D eigenvalue weighted by atomic mass is 10.1. The zero-order valence-corrected chi connectivity index (χ0v) is 15.2. The van der Waals surface area contributed by atoms with Crippen LogP contribution in [0.4, 0.5) is 5.82 Å². The number of carbonyl (C=O) groups is 1. The van der Waals surface area contributed by atoms with Crippen LogP contribution in [0.3, 0.4) is 0 Å². The molecule has 0 unspecified atom stereocenters. The molecule has 0 spiro atoms. The molecule has 1 aromatic carbocycles. The van der Waals surface area contributed by atoms with E-state index in [1.54, 1.807) is 30.3 Å². The molecule has 3 aromatic rings. The number of carboxylic acids is 1. The standard InChI is InChI=1S/C18H18ClN5O2/c1-3-23(4-2)16-9-10-17(21-20-16)24-15(18(25)26)11-14(22-24)12-5-7-13(19)8-6-12/h5-11H,3-4H2,1-2H3,(H,25,26). The lowest BCUT2D eigenvalue weighted by Crippen LogP contribution is -2.23. The van der Waals surface area contributed by atoms with Crippen LogP contribution in [0.2, 0.25) is 5.02 Å². The first-order valence-electron chi connectivity index (χ1n) is 8.21. The van der Waals surface area contributed by atoms with Crippen molar-refractivity contribution < 1.29 is 9.90 Å². The Balaban J connectivity index is 2.01. The molecule has 3 rings (SSSR count). The van der Waals surface area contributed by atoms with Gasteiger partial charge >= 0.3 is 5.97 Å². The molecule has 0 saturated carbocycles. The van der Waals surface area contributed by atoms with Crippen LogP contribution >= 0.6 is 11.6 Å². The Morgan fingerprint density at radius 2 is 1.81 bits per heavy atom. The molecule has 7 nitrogen and oxygen atoms in total. The molecule has 2 heterocycles. The van der Waals surface area contributed by atoms with Gasteiger partial charge in [0, 0.05) is 23.7 Å². The zero-order valence-electron chi connectivity index (χ0n) is 14.4. The fourth-order valence-corrected chi connectivity index (χ4v) is 2.74. The minimum atomic E-state index is -1.09. The maximum Gasteiger partial charge on any atom is 0.354 e. The van der Waals surface area contributed by atoms with Crippen molar-refractivity contribution in [1.29, 1.82) is 0 Å². The van der Waals surface area contributed by atoms with E-state index >= 15 is 0 Å². The summed E-state index contributed by atoms with van der Waals surface area (Å²) < 4.78 is 1.28. The fourth-order valence-electron chi connectivity index (χ4n) is 2.62. The van der Waals surface area contributed by atoms with Gasteiger partial charge in [-0.25, -0.2) is 9.48 Å². The van der Waals surface area contributed by atoms with Crippen LogP contribution in [0.15, 0.2) is 42.5 Å². The molecule has 0 aliphatic heterocycles. The molecular weight excluding hydrogens is 354 g/mol. The molecule has 26 heavy (non-hydrogen) atoms. The second kappa shape index (κ2) is 7.53. The van der Waals surface area contributed by atoms with Gasteiger partial charge in [-0.1, -0.05) is 23.7 Å². The van der Waals surface area contributed by atoms with E-state index in [9.17, 15) is 9.90 Å². The van der Waals surface area contributed by atoms with Gasteiger partial charge in [0.25, 0.3) is 0 Å². The minimum absolute atomic E-state index is 0.0137. The summed E-state index contributed by atoms with van der Waals surface area (Å²) in [6.45, 7) is 5.70. The van der Waals surface area contributed by atoms with E-state index in [1.807, 2.05) is 19.9 Å². The average Bonchev–Trinajstić information content (AvgIpc) is 3.10. The number of anilines is 1. The summed E-state index contributed by atoms with van der Waals surface area (Å²) in [5.74, 6) is -0.00782. The van der Waals surface area contributed by atoms with Crippen LogP contribution in [-0.2, 0) is 0 Å². The minimum Gasteiger partial charge on any atom is -0.477 e. The van der Waals surface area contributed by atoms with E-state index in [0.29, 0.717) is 16.5 Å². The van der Waals surface area contributed by atoms with E-state index in [1.165, 1.54) is 10.7 Å². The number of carboxylic acid groups (broad SMARTS) is 1. The highest BCUT2D eigenvalue weighted by Gasteiger charge is 2.18. The predicted molar refractivity (Wildman–Crippen MR) is 100 cm³/mol. The van der Waals surface area contributed by atoms with Gasteiger partial charge in [0.1, 0.15) is 0 Å². The van der Waals surface area contributed by atoms with Crippen molar-refractivity contribution in [3.8, 4) is 17.1 Å². The summed E-state index contributed by atoms with van der Waals surface area (Å²) >= 11 is 5.90. The average molecular weight is 372 g/mol. The molecule has 0 bridgehead atoms. The zero-order chi connectivity index (χ0) is 18.7. The Bertz CT molecular complexity index is 902. The van der Waals surface area contributed by atoms with Gasteiger partial charge in [-0.2, -0.15) is 5.10 Å². The summed E-state index contributed by atoms with van der Waals surface area (Å²) in [5, 5.41) is 22.9. The van der Waals surface area contributed by atoms with Crippen molar-refractivity contribution in [2.45, 2.75) is 13.8 Å². The normalized spacial score (nSPS) is 10.7. The van der Waals surface area contributed by atoms with Crippen molar-refractivity contribution in [3.63, 3.8) is 0 Å². The number of nitrogens with zero attached hydrogens (tertiary/aromatic N) is 5. The van der Waals surface area contributed by atoms with Crippen molar-refractivity contribution in [3.05, 3.63) is 53.2 Å². The topological polar surface area (TPSA) is 84.1 Å². The largest absolute Gasteiger partial charge is 0.477 e. The fraction of sp³-hybridized carbons (Fsp3) is 0.222. The maximum absolute atomic E-state index is 11.6. The van der Waals surface area contributed by atoms with Gasteiger partial charge in [0.05, 0.1) is 5.69 Å². The third-order valence-electron chi connectivity index (χ3n) is 4.01. The van der Waals surface area contributed by atoms with E-state index in [-0.39, 0.29) is 5.69 Å². The summed E-state index contributed by atoms with van der Waals surface area (Å²) in [7, 11) is 0. The molecule has 0 aliphatic rings. The van der Waals surface area contributed by atoms with Crippen LogP contribution in [0, 0.1) is 0 Å². The number of hydrogen-bond donors (Lipinski definition) is 1. The number of halogens is 1. The maximum atomic E-state index is 11.6. The SMILES string of the molecule is CCN(CC)c1ccc(-n2nc(-c3ccc(Cl)cc3)cc2C(=O)O)nn1. The van der Waals surface area contributed by atoms with Crippen LogP contribution in [0.1, 0.15) is 24.3 Å². The number of benzene rings is 1. The summed E-state index contributed by atoms with van der Waals surface area (Å²) in [4.78, 5) is 13.7. The smallest absolute Gasteiger partial charge is 0.354 e. The van der Waals surface area contributed by atoms with Gasteiger partial charge < -0.3 is 10.0 Å². The van der Waals surface area contributed by atoms with Crippen molar-refractivity contribution in [1.82, 2.24) is 20.0 Å². The first-order valence-corrected chi connectivity index (χ1v) is 8.59. The molecule has 0 atom stereocenters. The number of hydrogen-bond acceptors (Lipinski definition) is 5. The van der Waals surface area contributed by atoms with Gasteiger partial charge in [-0.3, -0.25) is 0 Å². The molecular formula is C18H18ClN5O2. The first kappa shape index (κ1) is 17.9. The Kier molecular flexibility index (Phi) is 5.18. The molecule has 0 amide bonds. The number of rotatable bonds is 6. The summed E-state index contributed by atoms with van der Waals surface area (Å²) in [6.07, 6.45) is 0. The first-order chi connectivity index (χ1) is 12.5. The molecule has 0 fully saturated rings. The summed E-state index contributed by atoms with van der Waals surface area (Å²) in [5.41, 5.74) is 1.30. The quantitative estimate of drug-likeness (QED) is 0.713. The van der Waals surface area contributed by atoms with Gasteiger partial charge in [0.15, 0.2) is 17.3 Å². The highest BCUT2D eigenvalue weighted by atomic mass is 35.5. The van der Waals surface area contributed by atoms with E-state index < -0.39 is 5.97 Å². The van der Waals surface area contributed by atoms with Gasteiger partial charge in [-0.05, 0) is 44.2 Å². The highest BCUT2D eigenvalue weighted by molar-refractivity contribution is 6.30. The molecule has 0 radical (unpaired) electrons. The Labute approximate surface area is 155 Å². The van der Waals surface area contributed by atoms with Crippen LogP contribution in [0.5, 0.6) is 0 Å².